The van der Waals surface area contributed by atoms with Gasteiger partial charge in [-0.25, -0.2) is 0 Å². The van der Waals surface area contributed by atoms with Crippen molar-refractivity contribution in [2.24, 2.45) is 11.3 Å². The Morgan fingerprint density at radius 3 is 2.50 bits per heavy atom. The lowest BCUT2D eigenvalue weighted by Gasteiger charge is -2.27. The van der Waals surface area contributed by atoms with Crippen LogP contribution in [0.15, 0.2) is 30.3 Å². The van der Waals surface area contributed by atoms with Gasteiger partial charge < -0.3 is 15.5 Å². The third-order valence-electron chi connectivity index (χ3n) is 6.82. The number of likely N-dealkylation sites (tertiary alicyclic amines) is 1. The first-order valence-electron chi connectivity index (χ1n) is 11.2. The smallest absolute Gasteiger partial charge is 0.356 e. The predicted molar refractivity (Wildman–Crippen MR) is 112 cm³/mol. The lowest BCUT2D eigenvalue weighted by atomic mass is 9.95. The molecule has 34 heavy (non-hydrogen) atoms. The largest absolute Gasteiger partial charge is 0.522 e. The van der Waals surface area contributed by atoms with Crippen LogP contribution in [0.1, 0.15) is 42.5 Å². The average Bonchev–Trinajstić information content (AvgIpc) is 3.26. The molecule has 2 heterocycles. The van der Waals surface area contributed by atoms with Gasteiger partial charge in [0.2, 0.25) is 11.8 Å². The molecule has 2 aliphatic heterocycles. The van der Waals surface area contributed by atoms with Crippen molar-refractivity contribution >= 4 is 23.5 Å². The highest BCUT2D eigenvalue weighted by atomic mass is 19.4. The second-order valence-electron chi connectivity index (χ2n) is 9.29. The first kappa shape index (κ1) is 24.2. The molecule has 4 rings (SSSR count). The number of nitrogens with one attached hydrogen (secondary N) is 2. The minimum Gasteiger partial charge on any atom is -0.356 e. The van der Waals surface area contributed by atoms with Crippen LogP contribution in [0.4, 0.5) is 13.2 Å². The quantitative estimate of drug-likeness (QED) is 0.589. The van der Waals surface area contributed by atoms with E-state index < -0.39 is 42.7 Å². The summed E-state index contributed by atoms with van der Waals surface area (Å²) in [4.78, 5) is 52.4. The molecule has 1 aliphatic carbocycles. The van der Waals surface area contributed by atoms with E-state index in [2.05, 4.69) is 15.4 Å². The summed E-state index contributed by atoms with van der Waals surface area (Å²) in [5.74, 6) is -2.84. The lowest BCUT2D eigenvalue weighted by Crippen LogP contribution is -2.52. The van der Waals surface area contributed by atoms with Crippen LogP contribution in [0.3, 0.4) is 0 Å². The molecule has 1 aromatic carbocycles. The molecule has 1 saturated carbocycles. The van der Waals surface area contributed by atoms with E-state index in [1.54, 1.807) is 30.3 Å². The lowest BCUT2D eigenvalue weighted by molar-refractivity contribution is -0.321. The standard InChI is InChI=1S/C23H26F3N3O5/c24-23(25,26)34-12-18(30)16(10-15-6-9-27-19(15)31)28-20(32)17-11-22(7-8-22)13-29(17)21(33)14-4-2-1-3-5-14/h1-5,15-17H,6-13H2,(H,27,31)(H,28,32)/t15-,16-,17-/m0/s1. The van der Waals surface area contributed by atoms with Crippen molar-refractivity contribution in [3.05, 3.63) is 35.9 Å². The summed E-state index contributed by atoms with van der Waals surface area (Å²) in [6, 6.07) is 6.30. The van der Waals surface area contributed by atoms with E-state index in [0.29, 0.717) is 31.5 Å². The van der Waals surface area contributed by atoms with E-state index in [1.165, 1.54) is 4.90 Å². The molecule has 2 saturated heterocycles. The molecule has 0 aromatic heterocycles. The average molecular weight is 481 g/mol. The van der Waals surface area contributed by atoms with Gasteiger partial charge in [0.05, 0.1) is 6.04 Å². The Balaban J connectivity index is 1.49. The minimum atomic E-state index is -5.00. The molecule has 3 atom stereocenters. The maximum atomic E-state index is 13.3. The first-order chi connectivity index (χ1) is 16.1. The molecular weight excluding hydrogens is 455 g/mol. The number of carbonyl (C=O) groups is 4. The number of hydrogen-bond donors (Lipinski definition) is 2. The van der Waals surface area contributed by atoms with Crippen LogP contribution in [-0.4, -0.2) is 66.5 Å². The first-order valence-corrected chi connectivity index (χ1v) is 11.2. The fourth-order valence-electron chi connectivity index (χ4n) is 4.74. The highest BCUT2D eigenvalue weighted by molar-refractivity contribution is 5.99. The molecular formula is C23H26F3N3O5. The number of ketones is 1. The van der Waals surface area contributed by atoms with Crippen LogP contribution in [0, 0.1) is 11.3 Å². The molecule has 3 fully saturated rings. The minimum absolute atomic E-state index is 0.137. The number of benzene rings is 1. The summed E-state index contributed by atoms with van der Waals surface area (Å²) in [6.07, 6.45) is -2.57. The molecule has 0 bridgehead atoms. The highest BCUT2D eigenvalue weighted by Crippen LogP contribution is 2.55. The molecule has 11 heteroatoms. The summed E-state index contributed by atoms with van der Waals surface area (Å²) in [5, 5.41) is 5.15. The SMILES string of the molecule is O=C1NCC[C@H]1C[C@H](NC(=O)[C@@H]1CC2(CC2)CN1C(=O)c1ccccc1)C(=O)COC(F)(F)F. The zero-order valence-corrected chi connectivity index (χ0v) is 18.4. The number of nitrogens with zero attached hydrogens (tertiary/aromatic N) is 1. The zero-order chi connectivity index (χ0) is 24.5. The Bertz CT molecular complexity index is 964. The van der Waals surface area contributed by atoms with Crippen molar-refractivity contribution in [2.75, 3.05) is 19.7 Å². The second kappa shape index (κ2) is 9.36. The number of rotatable bonds is 8. The molecule has 8 nitrogen and oxygen atoms in total. The van der Waals surface area contributed by atoms with Crippen molar-refractivity contribution in [2.45, 2.75) is 50.6 Å². The van der Waals surface area contributed by atoms with Gasteiger partial charge in [0.1, 0.15) is 12.6 Å². The van der Waals surface area contributed by atoms with Crippen LogP contribution in [0.2, 0.25) is 0 Å². The van der Waals surface area contributed by atoms with Crippen LogP contribution in [0.25, 0.3) is 0 Å². The van der Waals surface area contributed by atoms with Crippen molar-refractivity contribution in [1.82, 2.24) is 15.5 Å². The molecule has 3 amide bonds. The third kappa shape index (κ3) is 5.57. The van der Waals surface area contributed by atoms with E-state index >= 15 is 0 Å². The summed E-state index contributed by atoms with van der Waals surface area (Å²) >= 11 is 0. The Morgan fingerprint density at radius 1 is 1.21 bits per heavy atom. The van der Waals surface area contributed by atoms with Gasteiger partial charge in [-0.15, -0.1) is 13.2 Å². The fourth-order valence-corrected chi connectivity index (χ4v) is 4.74. The number of amides is 3. The number of alkyl halides is 3. The number of halogens is 3. The van der Waals surface area contributed by atoms with Gasteiger partial charge in [-0.05, 0) is 49.7 Å². The van der Waals surface area contributed by atoms with Gasteiger partial charge >= 0.3 is 6.36 Å². The molecule has 1 aromatic rings. The van der Waals surface area contributed by atoms with Crippen molar-refractivity contribution in [3.63, 3.8) is 0 Å². The molecule has 0 unspecified atom stereocenters. The fraction of sp³-hybridized carbons (Fsp3) is 0.565. The van der Waals surface area contributed by atoms with E-state index in [1.807, 2.05) is 0 Å². The van der Waals surface area contributed by atoms with Gasteiger partial charge in [-0.2, -0.15) is 0 Å². The van der Waals surface area contributed by atoms with E-state index in [9.17, 15) is 32.3 Å². The van der Waals surface area contributed by atoms with E-state index in [0.717, 1.165) is 12.8 Å². The molecule has 3 aliphatic rings. The number of hydrogen-bond acceptors (Lipinski definition) is 5. The molecule has 0 radical (unpaired) electrons. The van der Waals surface area contributed by atoms with Crippen molar-refractivity contribution in [1.29, 1.82) is 0 Å². The van der Waals surface area contributed by atoms with Crippen LogP contribution in [-0.2, 0) is 19.1 Å². The van der Waals surface area contributed by atoms with Gasteiger partial charge in [-0.1, -0.05) is 18.2 Å². The highest BCUT2D eigenvalue weighted by Gasteiger charge is 2.55. The van der Waals surface area contributed by atoms with Crippen molar-refractivity contribution < 1.29 is 37.1 Å². The summed E-state index contributed by atoms with van der Waals surface area (Å²) < 4.78 is 41.1. The predicted octanol–water partition coefficient (Wildman–Crippen LogP) is 1.80. The number of carbonyl (C=O) groups excluding carboxylic acids is 4. The van der Waals surface area contributed by atoms with Gasteiger partial charge in [0, 0.05) is 24.6 Å². The van der Waals surface area contributed by atoms with Gasteiger partial charge in [-0.3, -0.25) is 23.9 Å². The topological polar surface area (TPSA) is 105 Å². The van der Waals surface area contributed by atoms with Crippen LogP contribution < -0.4 is 10.6 Å². The molecule has 2 N–H and O–H groups in total. The zero-order valence-electron chi connectivity index (χ0n) is 18.4. The summed E-state index contributed by atoms with van der Waals surface area (Å²) in [7, 11) is 0. The van der Waals surface area contributed by atoms with Crippen LogP contribution >= 0.6 is 0 Å². The van der Waals surface area contributed by atoms with Gasteiger partial charge in [0.15, 0.2) is 5.78 Å². The monoisotopic (exact) mass is 481 g/mol. The Kier molecular flexibility index (Phi) is 6.66. The van der Waals surface area contributed by atoms with E-state index in [4.69, 9.17) is 0 Å². The Morgan fingerprint density at radius 2 is 1.91 bits per heavy atom. The van der Waals surface area contributed by atoms with Crippen LogP contribution in [0.5, 0.6) is 0 Å². The maximum absolute atomic E-state index is 13.3. The van der Waals surface area contributed by atoms with Gasteiger partial charge in [0.25, 0.3) is 5.91 Å². The molecule has 1 spiro atoms. The Labute approximate surface area is 194 Å². The normalized spacial score (nSPS) is 24.1. The van der Waals surface area contributed by atoms with E-state index in [-0.39, 0.29) is 23.7 Å². The second-order valence-corrected chi connectivity index (χ2v) is 9.29. The van der Waals surface area contributed by atoms with Crippen molar-refractivity contribution in [3.8, 4) is 0 Å². The number of Topliss-reactive ketones (excluding diaryl/α,β-unsaturated/α-hetero) is 1. The maximum Gasteiger partial charge on any atom is 0.522 e. The molecule has 184 valence electrons. The number of ether oxygens (including phenoxy) is 1. The summed E-state index contributed by atoms with van der Waals surface area (Å²) in [6.45, 7) is -0.481. The Hall–Kier alpha value is -2.95. The summed E-state index contributed by atoms with van der Waals surface area (Å²) in [5.41, 5.74) is 0.281. The third-order valence-corrected chi connectivity index (χ3v) is 6.82.